The molecule has 0 saturated carbocycles. The fraction of sp³-hybridized carbons (Fsp3) is 1.00. The molecule has 0 aliphatic heterocycles. The molecule has 1 nitrogen and oxygen atoms in total. The molecular formula is C11H27NS. The van der Waals surface area contributed by atoms with Crippen LogP contribution in [0.15, 0.2) is 0 Å². The van der Waals surface area contributed by atoms with Crippen LogP contribution in [-0.2, 0) is 0 Å². The molecule has 0 aromatic rings. The van der Waals surface area contributed by atoms with E-state index in [0.29, 0.717) is 0 Å². The van der Waals surface area contributed by atoms with Gasteiger partial charge in [-0.2, -0.15) is 0 Å². The maximum absolute atomic E-state index is 3.23. The van der Waals surface area contributed by atoms with E-state index in [9.17, 15) is 0 Å². The minimum absolute atomic E-state index is 0.385. The summed E-state index contributed by atoms with van der Waals surface area (Å²) in [6.07, 6.45) is 3.84. The summed E-state index contributed by atoms with van der Waals surface area (Å²) in [4.78, 5) is 0. The first-order valence-corrected chi connectivity index (χ1v) is 7.67. The predicted molar refractivity (Wildman–Crippen MR) is 67.2 cm³/mol. The van der Waals surface area contributed by atoms with E-state index < -0.39 is 0 Å². The highest BCUT2D eigenvalue weighted by Gasteiger charge is 2.25. The van der Waals surface area contributed by atoms with Gasteiger partial charge in [0.15, 0.2) is 0 Å². The number of hydrogen-bond donors (Lipinski definition) is 1. The first-order chi connectivity index (χ1) is 5.95. The Morgan fingerprint density at radius 1 is 1.08 bits per heavy atom. The van der Waals surface area contributed by atoms with Crippen LogP contribution in [0.4, 0.5) is 0 Å². The second-order valence-electron chi connectivity index (χ2n) is 4.49. The first kappa shape index (κ1) is 13.3. The Bertz CT molecular complexity index is 124. The first-order valence-electron chi connectivity index (χ1n) is 5.33. The van der Waals surface area contributed by atoms with E-state index in [4.69, 9.17) is 0 Å². The quantitative estimate of drug-likeness (QED) is 0.658. The molecule has 0 aliphatic carbocycles. The van der Waals surface area contributed by atoms with Gasteiger partial charge in [0.2, 0.25) is 0 Å². The molecule has 0 amide bonds. The van der Waals surface area contributed by atoms with Gasteiger partial charge < -0.3 is 5.32 Å². The summed E-state index contributed by atoms with van der Waals surface area (Å²) in [5.74, 6) is 1.42. The van der Waals surface area contributed by atoms with Gasteiger partial charge in [0, 0.05) is 0 Å². The zero-order valence-electron chi connectivity index (χ0n) is 10.2. The van der Waals surface area contributed by atoms with Crippen molar-refractivity contribution in [2.75, 3.05) is 25.6 Å². The van der Waals surface area contributed by atoms with Crippen molar-refractivity contribution in [1.82, 2.24) is 5.32 Å². The van der Waals surface area contributed by atoms with Crippen molar-refractivity contribution in [2.24, 2.45) is 0 Å². The highest BCUT2D eigenvalue weighted by atomic mass is 32.3. The van der Waals surface area contributed by atoms with Crippen LogP contribution < -0.4 is 5.32 Å². The van der Waals surface area contributed by atoms with E-state index in [2.05, 4.69) is 39.3 Å². The van der Waals surface area contributed by atoms with Crippen molar-refractivity contribution in [3.05, 3.63) is 0 Å². The molecule has 13 heavy (non-hydrogen) atoms. The molecule has 0 fully saturated rings. The zero-order chi connectivity index (χ0) is 10.5. The van der Waals surface area contributed by atoms with Gasteiger partial charge in [0.1, 0.15) is 0 Å². The van der Waals surface area contributed by atoms with Gasteiger partial charge in [-0.1, -0.05) is 27.7 Å². The lowest BCUT2D eigenvalue weighted by molar-refractivity contribution is 0.771. The predicted octanol–water partition coefficient (Wildman–Crippen LogP) is 2.85. The summed E-state index contributed by atoms with van der Waals surface area (Å²) >= 11 is 0. The lowest BCUT2D eigenvalue weighted by Gasteiger charge is -2.44. The smallest absolute Gasteiger partial charge is 0.00446 e. The number of rotatable bonds is 6. The highest BCUT2D eigenvalue weighted by Crippen LogP contribution is 2.53. The average molecular weight is 205 g/mol. The summed E-state index contributed by atoms with van der Waals surface area (Å²) in [7, 11) is 1.65. The van der Waals surface area contributed by atoms with Crippen molar-refractivity contribution in [1.29, 1.82) is 0 Å². The van der Waals surface area contributed by atoms with Crippen molar-refractivity contribution in [2.45, 2.75) is 44.6 Å². The molecule has 0 aromatic heterocycles. The molecule has 0 unspecified atom stereocenters. The Hall–Kier alpha value is 0.310. The molecule has 82 valence electrons. The molecule has 0 bridgehead atoms. The topological polar surface area (TPSA) is 12.0 Å². The van der Waals surface area contributed by atoms with Crippen LogP contribution in [0.1, 0.15) is 34.1 Å². The van der Waals surface area contributed by atoms with E-state index in [1.54, 1.807) is 0 Å². The third kappa shape index (κ3) is 3.90. The van der Waals surface area contributed by atoms with E-state index in [-0.39, 0.29) is 10.0 Å². The van der Waals surface area contributed by atoms with Crippen LogP contribution in [0.5, 0.6) is 0 Å². The Kier molecular flexibility index (Phi) is 6.06. The summed E-state index contributed by atoms with van der Waals surface area (Å²) in [6.45, 7) is 10.7. The summed E-state index contributed by atoms with van der Waals surface area (Å²) in [5, 5.41) is 4.96. The molecule has 0 heterocycles. The van der Waals surface area contributed by atoms with Crippen molar-refractivity contribution >= 4 is 10.0 Å². The van der Waals surface area contributed by atoms with E-state index in [1.165, 1.54) is 18.7 Å². The molecule has 0 spiro atoms. The molecule has 0 aromatic carbocycles. The van der Waals surface area contributed by atoms with Gasteiger partial charge >= 0.3 is 0 Å². The second-order valence-corrected chi connectivity index (χ2v) is 9.24. The third-order valence-corrected chi connectivity index (χ3v) is 8.64. The molecule has 0 radical (unpaired) electrons. The van der Waals surface area contributed by atoms with Crippen LogP contribution in [-0.4, -0.2) is 36.1 Å². The fourth-order valence-electron chi connectivity index (χ4n) is 1.58. The van der Waals surface area contributed by atoms with Crippen molar-refractivity contribution in [3.63, 3.8) is 0 Å². The molecule has 2 heteroatoms. The Morgan fingerprint density at radius 2 is 1.54 bits per heavy atom. The van der Waals surface area contributed by atoms with Crippen molar-refractivity contribution < 1.29 is 0 Å². The van der Waals surface area contributed by atoms with Crippen LogP contribution in [0, 0.1) is 0 Å². The summed E-state index contributed by atoms with van der Waals surface area (Å²) in [5.41, 5.74) is 0. The molecular weight excluding hydrogens is 178 g/mol. The maximum Gasteiger partial charge on any atom is -0.00446 e. The van der Waals surface area contributed by atoms with Crippen LogP contribution in [0.3, 0.4) is 0 Å². The normalized spacial score (nSPS) is 14.2. The Labute approximate surface area is 86.0 Å². The van der Waals surface area contributed by atoms with Gasteiger partial charge in [-0.3, -0.25) is 0 Å². The van der Waals surface area contributed by atoms with Gasteiger partial charge in [0.25, 0.3) is 0 Å². The van der Waals surface area contributed by atoms with Crippen LogP contribution in [0.25, 0.3) is 0 Å². The fourth-order valence-corrected chi connectivity index (χ4v) is 4.37. The second kappa shape index (κ2) is 5.92. The van der Waals surface area contributed by atoms with Gasteiger partial charge in [-0.15, -0.1) is 0 Å². The third-order valence-electron chi connectivity index (χ3n) is 3.16. The van der Waals surface area contributed by atoms with E-state index in [1.807, 2.05) is 7.05 Å². The van der Waals surface area contributed by atoms with Gasteiger partial charge in [0.05, 0.1) is 0 Å². The lowest BCUT2D eigenvalue weighted by atomic mass is 10.5. The van der Waals surface area contributed by atoms with Crippen LogP contribution in [0.2, 0.25) is 0 Å². The lowest BCUT2D eigenvalue weighted by Crippen LogP contribution is -2.24. The molecule has 0 aliphatic rings. The maximum atomic E-state index is 3.23. The molecule has 0 atom stereocenters. The summed E-state index contributed by atoms with van der Waals surface area (Å²) < 4.78 is 0. The Balaban J connectivity index is 4.09. The van der Waals surface area contributed by atoms with Crippen LogP contribution >= 0.6 is 10.0 Å². The van der Waals surface area contributed by atoms with E-state index >= 15 is 0 Å². The SMILES string of the molecule is CNCCCS(C)(C(C)C)C(C)C. The summed E-state index contributed by atoms with van der Waals surface area (Å²) in [6, 6.07) is 0. The standard InChI is InChI=1S/C11H27NS/c1-10(2)13(6,11(3)4)9-7-8-12-5/h10-12H,7-9H2,1-6H3. The van der Waals surface area contributed by atoms with E-state index in [0.717, 1.165) is 10.5 Å². The van der Waals surface area contributed by atoms with Crippen molar-refractivity contribution in [3.8, 4) is 0 Å². The highest BCUT2D eigenvalue weighted by molar-refractivity contribution is 8.34. The average Bonchev–Trinajstić information content (AvgIpc) is 2.03. The Morgan fingerprint density at radius 3 is 1.85 bits per heavy atom. The molecule has 0 rings (SSSR count). The monoisotopic (exact) mass is 205 g/mol. The molecule has 0 saturated heterocycles. The van der Waals surface area contributed by atoms with Gasteiger partial charge in [-0.05, 0) is 42.5 Å². The minimum Gasteiger partial charge on any atom is -0.320 e. The number of nitrogens with one attached hydrogen (secondary N) is 1. The number of hydrogen-bond acceptors (Lipinski definition) is 1. The zero-order valence-corrected chi connectivity index (χ0v) is 11.0. The molecule has 1 N–H and O–H groups in total. The minimum atomic E-state index is -0.385. The van der Waals surface area contributed by atoms with Gasteiger partial charge in [-0.25, -0.2) is 10.0 Å². The largest absolute Gasteiger partial charge is 0.320 e.